The number of aliphatic hydroxyl groups excluding tert-OH is 1. The van der Waals surface area contributed by atoms with E-state index in [1.807, 2.05) is 32.0 Å². The lowest BCUT2D eigenvalue weighted by Crippen LogP contribution is -2.29. The second-order valence-corrected chi connectivity index (χ2v) is 11.1. The van der Waals surface area contributed by atoms with Gasteiger partial charge in [-0.25, -0.2) is 4.98 Å². The Bertz CT molecular complexity index is 1650. The highest BCUT2D eigenvalue weighted by atomic mass is 35.5. The summed E-state index contributed by atoms with van der Waals surface area (Å²) in [4.78, 5) is 33.1. The van der Waals surface area contributed by atoms with Gasteiger partial charge in [0.1, 0.15) is 23.4 Å². The average molecular weight is 561 g/mol. The molecule has 2 aliphatic rings. The van der Waals surface area contributed by atoms with Gasteiger partial charge in [-0.2, -0.15) is 0 Å². The molecule has 198 valence electrons. The monoisotopic (exact) mass is 560 g/mol. The van der Waals surface area contributed by atoms with Crippen molar-refractivity contribution in [1.82, 2.24) is 4.98 Å². The number of benzene rings is 3. The highest BCUT2D eigenvalue weighted by Gasteiger charge is 2.48. The zero-order valence-electron chi connectivity index (χ0n) is 21.3. The van der Waals surface area contributed by atoms with Gasteiger partial charge in [0.15, 0.2) is 5.13 Å². The highest BCUT2D eigenvalue weighted by Crippen LogP contribution is 2.45. The van der Waals surface area contributed by atoms with Gasteiger partial charge in [0, 0.05) is 17.0 Å². The van der Waals surface area contributed by atoms with Gasteiger partial charge in [0.05, 0.1) is 28.4 Å². The first-order chi connectivity index (χ1) is 18.8. The maximum absolute atomic E-state index is 13.5. The minimum Gasteiger partial charge on any atom is -0.507 e. The van der Waals surface area contributed by atoms with Crippen LogP contribution in [-0.2, 0) is 16.0 Å². The van der Waals surface area contributed by atoms with E-state index in [0.29, 0.717) is 45.6 Å². The number of carbonyl (C=O) groups excluding carboxylic acids is 2. The molecule has 9 heteroatoms. The van der Waals surface area contributed by atoms with Crippen LogP contribution < -0.4 is 14.4 Å². The smallest absolute Gasteiger partial charge is 0.301 e. The van der Waals surface area contributed by atoms with Crippen LogP contribution in [0.25, 0.3) is 16.0 Å². The molecule has 6 rings (SSSR count). The van der Waals surface area contributed by atoms with Crippen LogP contribution in [0.3, 0.4) is 0 Å². The molecule has 4 aromatic rings. The number of thiazole rings is 1. The summed E-state index contributed by atoms with van der Waals surface area (Å²) in [5.74, 6) is -0.326. The van der Waals surface area contributed by atoms with E-state index >= 15 is 0 Å². The summed E-state index contributed by atoms with van der Waals surface area (Å²) in [7, 11) is 0. The topological polar surface area (TPSA) is 89.0 Å². The number of carbonyl (C=O) groups is 2. The Morgan fingerprint density at radius 1 is 1.15 bits per heavy atom. The number of amides is 1. The van der Waals surface area contributed by atoms with Crippen molar-refractivity contribution in [2.75, 3.05) is 11.5 Å². The Hall–Kier alpha value is -3.88. The van der Waals surface area contributed by atoms with Crippen molar-refractivity contribution < 1.29 is 24.2 Å². The van der Waals surface area contributed by atoms with E-state index in [1.54, 1.807) is 42.5 Å². The Morgan fingerprint density at radius 3 is 2.72 bits per heavy atom. The lowest BCUT2D eigenvalue weighted by Gasteiger charge is -2.23. The third-order valence-electron chi connectivity index (χ3n) is 6.83. The van der Waals surface area contributed by atoms with Gasteiger partial charge < -0.3 is 14.6 Å². The zero-order chi connectivity index (χ0) is 27.3. The summed E-state index contributed by atoms with van der Waals surface area (Å²) in [5.41, 5.74) is 2.71. The molecule has 0 unspecified atom stereocenters. The molecule has 0 aliphatic carbocycles. The SMILES string of the molecule is CCCOc1ccc([C@@H]2C(=C(O)c3ccc4c(c3)C[C@H](C)O4)C(=O)C(=O)N2c2nc3ccc(Cl)cc3s2)cc1. The molecule has 1 amide bonds. The number of aromatic nitrogens is 1. The van der Waals surface area contributed by atoms with Crippen LogP contribution in [-0.4, -0.2) is 34.5 Å². The molecule has 3 aromatic carbocycles. The molecular weight excluding hydrogens is 536 g/mol. The molecule has 2 atom stereocenters. The van der Waals surface area contributed by atoms with Gasteiger partial charge in [-0.1, -0.05) is 42.0 Å². The quantitative estimate of drug-likeness (QED) is 0.161. The molecule has 0 saturated carbocycles. The number of halogens is 1. The van der Waals surface area contributed by atoms with E-state index in [4.69, 9.17) is 21.1 Å². The Morgan fingerprint density at radius 2 is 1.95 bits per heavy atom. The molecule has 0 radical (unpaired) electrons. The summed E-state index contributed by atoms with van der Waals surface area (Å²) in [6.45, 7) is 4.58. The van der Waals surface area contributed by atoms with Gasteiger partial charge in [-0.05, 0) is 73.0 Å². The second kappa shape index (κ2) is 10.0. The maximum atomic E-state index is 13.5. The maximum Gasteiger partial charge on any atom is 0.301 e. The first-order valence-corrected chi connectivity index (χ1v) is 13.9. The van der Waals surface area contributed by atoms with Crippen LogP contribution in [0.5, 0.6) is 11.5 Å². The molecule has 39 heavy (non-hydrogen) atoms. The lowest BCUT2D eigenvalue weighted by atomic mass is 9.94. The number of rotatable bonds is 6. The van der Waals surface area contributed by atoms with Crippen LogP contribution in [0, 0.1) is 0 Å². The van der Waals surface area contributed by atoms with E-state index in [-0.39, 0.29) is 17.4 Å². The number of hydrogen-bond acceptors (Lipinski definition) is 7. The van der Waals surface area contributed by atoms with Gasteiger partial charge in [0.25, 0.3) is 5.78 Å². The molecular formula is C30H25ClN2O5S. The second-order valence-electron chi connectivity index (χ2n) is 9.65. The van der Waals surface area contributed by atoms with Crippen LogP contribution in [0.15, 0.2) is 66.2 Å². The number of ketones is 1. The fraction of sp³-hybridized carbons (Fsp3) is 0.233. The Labute approximate surface area is 234 Å². The fourth-order valence-electron chi connectivity index (χ4n) is 5.03. The molecule has 1 saturated heterocycles. The van der Waals surface area contributed by atoms with Crippen molar-refractivity contribution in [2.24, 2.45) is 0 Å². The summed E-state index contributed by atoms with van der Waals surface area (Å²) >= 11 is 7.44. The molecule has 0 spiro atoms. The number of anilines is 1. The predicted molar refractivity (Wildman–Crippen MR) is 152 cm³/mol. The molecule has 1 aromatic heterocycles. The van der Waals surface area contributed by atoms with Crippen molar-refractivity contribution in [3.63, 3.8) is 0 Å². The van der Waals surface area contributed by atoms with Gasteiger partial charge in [-0.15, -0.1) is 0 Å². The summed E-state index contributed by atoms with van der Waals surface area (Å²) < 4.78 is 12.3. The standard InChI is InChI=1S/C30H25ClN2O5S/c1-3-12-37-21-8-4-17(5-9-21)26-25(27(34)18-6-11-23-19(14-18)13-16(2)38-23)28(35)29(36)33(26)30-32-22-10-7-20(31)15-24(22)39-30/h4-11,14-16,26,34H,3,12-13H2,1-2H3/t16-,26+/m0/s1. The minimum atomic E-state index is -0.885. The molecule has 3 heterocycles. The summed E-state index contributed by atoms with van der Waals surface area (Å²) in [6, 6.07) is 16.9. The first-order valence-electron chi connectivity index (χ1n) is 12.7. The van der Waals surface area contributed by atoms with Crippen molar-refractivity contribution in [1.29, 1.82) is 0 Å². The molecule has 1 fully saturated rings. The number of ether oxygens (including phenoxy) is 2. The minimum absolute atomic E-state index is 0.00595. The first kappa shape index (κ1) is 25.4. The van der Waals surface area contributed by atoms with Crippen LogP contribution in [0.4, 0.5) is 5.13 Å². The van der Waals surface area contributed by atoms with Crippen molar-refractivity contribution in [3.05, 3.63) is 87.9 Å². The molecule has 0 bridgehead atoms. The normalized spacial score (nSPS) is 19.9. The number of Topliss-reactive ketones (excluding diaryl/α,β-unsaturated/α-hetero) is 1. The van der Waals surface area contributed by atoms with E-state index < -0.39 is 17.7 Å². The Kier molecular flexibility index (Phi) is 6.53. The van der Waals surface area contributed by atoms with E-state index in [0.717, 1.165) is 22.4 Å². The van der Waals surface area contributed by atoms with E-state index in [2.05, 4.69) is 4.98 Å². The van der Waals surface area contributed by atoms with Crippen LogP contribution in [0.2, 0.25) is 5.02 Å². The van der Waals surface area contributed by atoms with Crippen LogP contribution in [0.1, 0.15) is 43.0 Å². The van der Waals surface area contributed by atoms with E-state index in [1.165, 1.54) is 16.2 Å². The third-order valence-corrected chi connectivity index (χ3v) is 8.08. The van der Waals surface area contributed by atoms with Crippen molar-refractivity contribution in [3.8, 4) is 11.5 Å². The number of hydrogen-bond donors (Lipinski definition) is 1. The van der Waals surface area contributed by atoms with Crippen molar-refractivity contribution in [2.45, 2.75) is 38.8 Å². The summed E-state index contributed by atoms with van der Waals surface area (Å²) in [6.07, 6.45) is 1.60. The fourth-order valence-corrected chi connectivity index (χ4v) is 6.29. The zero-order valence-corrected chi connectivity index (χ0v) is 22.9. The molecule has 1 N–H and O–H groups in total. The number of fused-ring (bicyclic) bond motifs is 2. The lowest BCUT2D eigenvalue weighted by molar-refractivity contribution is -0.132. The number of aliphatic hydroxyl groups is 1. The van der Waals surface area contributed by atoms with Gasteiger partial charge in [0.2, 0.25) is 0 Å². The average Bonchev–Trinajstić information content (AvgIpc) is 3.59. The van der Waals surface area contributed by atoms with Crippen molar-refractivity contribution >= 4 is 55.7 Å². The molecule has 7 nitrogen and oxygen atoms in total. The number of nitrogens with zero attached hydrogens (tertiary/aromatic N) is 2. The summed E-state index contributed by atoms with van der Waals surface area (Å²) in [5, 5.41) is 12.4. The predicted octanol–water partition coefficient (Wildman–Crippen LogP) is 6.69. The van der Waals surface area contributed by atoms with Gasteiger partial charge >= 0.3 is 5.91 Å². The highest BCUT2D eigenvalue weighted by molar-refractivity contribution is 7.22. The Balaban J connectivity index is 1.49. The van der Waals surface area contributed by atoms with Gasteiger partial charge in [-0.3, -0.25) is 14.5 Å². The third kappa shape index (κ3) is 4.53. The van der Waals surface area contributed by atoms with Crippen LogP contribution >= 0.6 is 22.9 Å². The largest absolute Gasteiger partial charge is 0.507 e. The molecule has 2 aliphatic heterocycles. The van der Waals surface area contributed by atoms with E-state index in [9.17, 15) is 14.7 Å².